The number of rotatable bonds is 38. The molecule has 0 aromatic rings. The molecule has 25 heteroatoms. The van der Waals surface area contributed by atoms with E-state index in [1.54, 1.807) is 114 Å². The molecule has 4 aliphatic carbocycles. The van der Waals surface area contributed by atoms with Gasteiger partial charge in [0, 0.05) is 207 Å². The predicted molar refractivity (Wildman–Crippen MR) is 402 cm³/mol. The zero-order valence-corrected chi connectivity index (χ0v) is 68.3. The number of nitrogens with zero attached hydrogens (tertiary/aromatic N) is 11. The van der Waals surface area contributed by atoms with Crippen molar-refractivity contribution < 1.29 is 66.5 Å². The molecule has 0 aromatic carbocycles. The van der Waals surface area contributed by atoms with Gasteiger partial charge in [-0.15, -0.1) is 0 Å². The van der Waals surface area contributed by atoms with Crippen LogP contribution in [0.3, 0.4) is 0 Å². The van der Waals surface area contributed by atoms with Crippen molar-refractivity contribution in [2.75, 3.05) is 280 Å². The third-order valence-electron chi connectivity index (χ3n) is 17.2. The number of nitriles is 1. The molecular weight excluding hydrogens is 1250 g/mol. The molecule has 0 aromatic heterocycles. The summed E-state index contributed by atoms with van der Waals surface area (Å²) in [7, 11) is 38.7. The van der Waals surface area contributed by atoms with E-state index in [2.05, 4.69) is 80.6 Å². The zero-order valence-electron chi connectivity index (χ0n) is 68.3. The Morgan fingerprint density at radius 2 is 0.745 bits per heavy atom. The Morgan fingerprint density at radius 3 is 1.01 bits per heavy atom. The monoisotopic (exact) mass is 1410 g/mol. The lowest BCUT2D eigenvalue weighted by atomic mass is 9.92. The van der Waals surface area contributed by atoms with Crippen LogP contribution in [0.25, 0.3) is 0 Å². The predicted octanol–water partition coefficient (Wildman–Crippen LogP) is 7.39. The Bertz CT molecular complexity index is 1760. The Balaban J connectivity index is -0.000000240. The largest absolute Gasteiger partial charge is 0.383 e. The summed E-state index contributed by atoms with van der Waals surface area (Å²) in [6.07, 6.45) is 21.0. The van der Waals surface area contributed by atoms with E-state index >= 15 is 0 Å². The molecule has 98 heavy (non-hydrogen) atoms. The molecular formula is C73H157N11O14. The molecule has 4 amide bonds. The van der Waals surface area contributed by atoms with Crippen molar-refractivity contribution in [3.8, 4) is 6.07 Å². The highest BCUT2D eigenvalue weighted by Crippen LogP contribution is 2.25. The van der Waals surface area contributed by atoms with Crippen LogP contribution in [0.4, 0.5) is 0 Å². The number of methoxy groups -OCH3 is 10. The van der Waals surface area contributed by atoms with Crippen molar-refractivity contribution in [1.82, 2.24) is 49.0 Å². The lowest BCUT2D eigenvalue weighted by Crippen LogP contribution is -2.42. The smallest absolute Gasteiger partial charge is 0.224 e. The number of ether oxygens (including phenoxy) is 10. The summed E-state index contributed by atoms with van der Waals surface area (Å²) in [5.74, 6) is 0.489. The third-order valence-corrected chi connectivity index (χ3v) is 17.2. The van der Waals surface area contributed by atoms with E-state index in [0.29, 0.717) is 72.2 Å². The average molecular weight is 1410 g/mol. The van der Waals surface area contributed by atoms with Crippen LogP contribution in [0.1, 0.15) is 138 Å². The van der Waals surface area contributed by atoms with Gasteiger partial charge in [0.25, 0.3) is 0 Å². The standard InChI is InChI=1S/C10H21NO.C9H19NO.C8H17NO2.C8H17NO.C7H15NO2.C7H15NO.C7H17NO.C6H12N2O.C6H13NO2.C5H11NO2/c1-11(8-9-12-2)10-6-4-3-5-7-10;1-10(7-8-11-2)9-5-3-4-6-9;1-7(2)8(10)9(3)5-6-11-4;1-9(6-7-10-2)8-4-3-5-8;1-4-7(9)8(2)5-6-10-3;1-8(5-6-9-2)7-3-4-7;1-7(2,6-9-5)8(3)4;1-8(4-3-7)5-6-9-2;1-6(8)7(2)4-5-9-3;1-6(5-7)3-4-8-2/h10H,3-9H2,1-2H3;9H,3-8H2,1-2H3;7H,5-6H2,1-4H3;8H,3-7H2,1-2H3;4-6H2,1-3H3;7H,3-6H2,1-2H3;6H2,1-5H3;4-6H2,1-2H3;4-5H2,1-3H3;5H,3-4H2,1-2H3. The van der Waals surface area contributed by atoms with Crippen LogP contribution >= 0.6 is 0 Å². The van der Waals surface area contributed by atoms with Gasteiger partial charge in [0.1, 0.15) is 0 Å². The highest BCUT2D eigenvalue weighted by atomic mass is 16.5. The first-order chi connectivity index (χ1) is 46.5. The van der Waals surface area contributed by atoms with Gasteiger partial charge in [-0.2, -0.15) is 5.26 Å². The summed E-state index contributed by atoms with van der Waals surface area (Å²) in [6.45, 7) is 27.2. The molecule has 0 N–H and O–H groups in total. The fourth-order valence-corrected chi connectivity index (χ4v) is 8.89. The van der Waals surface area contributed by atoms with Gasteiger partial charge in [0.05, 0.1) is 78.7 Å². The van der Waals surface area contributed by atoms with E-state index in [1.165, 1.54) is 102 Å². The highest BCUT2D eigenvalue weighted by molar-refractivity contribution is 5.77. The van der Waals surface area contributed by atoms with Crippen LogP contribution in [0.15, 0.2) is 0 Å². The number of likely N-dealkylation sites (N-methyl/N-ethyl adjacent to an activating group) is 10. The van der Waals surface area contributed by atoms with Crippen molar-refractivity contribution in [3.63, 3.8) is 0 Å². The molecule has 0 heterocycles. The van der Waals surface area contributed by atoms with Gasteiger partial charge in [0.2, 0.25) is 24.1 Å². The summed E-state index contributed by atoms with van der Waals surface area (Å²) in [6, 6.07) is 5.44. The van der Waals surface area contributed by atoms with Crippen LogP contribution in [-0.2, 0) is 66.5 Å². The van der Waals surface area contributed by atoms with Gasteiger partial charge in [-0.1, -0.05) is 59.3 Å². The summed E-state index contributed by atoms with van der Waals surface area (Å²) in [5, 5.41) is 8.20. The molecule has 588 valence electrons. The fourth-order valence-electron chi connectivity index (χ4n) is 8.89. The molecule has 0 saturated heterocycles. The van der Waals surface area contributed by atoms with E-state index in [0.717, 1.165) is 96.3 Å². The molecule has 25 nitrogen and oxygen atoms in total. The summed E-state index contributed by atoms with van der Waals surface area (Å²) < 4.78 is 49.0. The summed E-state index contributed by atoms with van der Waals surface area (Å²) in [5.41, 5.74) is 0.161. The van der Waals surface area contributed by atoms with E-state index in [1.807, 2.05) is 38.8 Å². The SMILES string of the molecule is CCC(=O)N(C)CCOC.COCC(C)(C)N(C)C.COCCN(C)C(=O)C(C)C.COCCN(C)C(C)=O.COCCN(C)C1CC1.COCCN(C)C1CCC1.COCCN(C)C1CCCC1.COCCN(C)C1CCCCC1.COCCN(C)C=O.COCCN(C)CC#N. The number of carbonyl (C=O) groups excluding carboxylic acids is 4. The quantitative estimate of drug-likeness (QED) is 0.0435. The maximum Gasteiger partial charge on any atom is 0.224 e. The normalized spacial score (nSPS) is 14.2. The molecule has 4 fully saturated rings. The van der Waals surface area contributed by atoms with Crippen LogP contribution in [0.5, 0.6) is 0 Å². The van der Waals surface area contributed by atoms with Crippen LogP contribution in [0.2, 0.25) is 0 Å². The van der Waals surface area contributed by atoms with Gasteiger partial charge < -0.3 is 91.5 Å². The van der Waals surface area contributed by atoms with Crippen molar-refractivity contribution in [2.45, 2.75) is 168 Å². The van der Waals surface area contributed by atoms with Crippen LogP contribution in [0, 0.1) is 17.2 Å². The molecule has 4 saturated carbocycles. The number of hydrogen-bond acceptors (Lipinski definition) is 21. The molecule has 0 unspecified atom stereocenters. The first-order valence-corrected chi connectivity index (χ1v) is 35.8. The maximum atomic E-state index is 11.2. The van der Waals surface area contributed by atoms with Gasteiger partial charge in [-0.3, -0.25) is 24.1 Å². The van der Waals surface area contributed by atoms with Gasteiger partial charge in [0.15, 0.2) is 0 Å². The minimum Gasteiger partial charge on any atom is -0.383 e. The molecule has 0 spiro atoms. The lowest BCUT2D eigenvalue weighted by molar-refractivity contribution is -0.133. The molecule has 0 atom stereocenters. The minimum atomic E-state index is 0.0760. The molecule has 0 aliphatic heterocycles. The molecule has 0 bridgehead atoms. The highest BCUT2D eigenvalue weighted by Gasteiger charge is 2.26. The van der Waals surface area contributed by atoms with Crippen LogP contribution in [-0.4, -0.2) is 383 Å². The van der Waals surface area contributed by atoms with E-state index in [-0.39, 0.29) is 29.2 Å². The Kier molecular flexibility index (Phi) is 80.8. The van der Waals surface area contributed by atoms with E-state index < -0.39 is 0 Å². The molecule has 0 radical (unpaired) electrons. The first-order valence-electron chi connectivity index (χ1n) is 35.8. The second-order valence-corrected chi connectivity index (χ2v) is 26.5. The number of hydrogen-bond donors (Lipinski definition) is 0. The van der Waals surface area contributed by atoms with E-state index in [4.69, 9.17) is 52.6 Å². The third kappa shape index (κ3) is 69.8. The van der Waals surface area contributed by atoms with Crippen molar-refractivity contribution in [2.24, 2.45) is 5.92 Å². The second-order valence-electron chi connectivity index (χ2n) is 26.5. The van der Waals surface area contributed by atoms with E-state index in [9.17, 15) is 19.2 Å². The average Bonchev–Trinajstić information content (AvgIpc) is 1.53. The van der Waals surface area contributed by atoms with Gasteiger partial charge in [-0.05, 0) is 115 Å². The number of amides is 4. The molecule has 4 aliphatic rings. The Morgan fingerprint density at radius 1 is 0.439 bits per heavy atom. The van der Waals surface area contributed by atoms with Crippen molar-refractivity contribution in [1.29, 1.82) is 5.26 Å². The Hall–Kier alpha value is -3.27. The number of carbonyl (C=O) groups is 4. The minimum absolute atomic E-state index is 0.0760. The second kappa shape index (κ2) is 74.9. The van der Waals surface area contributed by atoms with Crippen molar-refractivity contribution >= 4 is 24.1 Å². The van der Waals surface area contributed by atoms with Gasteiger partial charge in [-0.25, -0.2) is 0 Å². The van der Waals surface area contributed by atoms with Crippen molar-refractivity contribution in [3.05, 3.63) is 0 Å². The zero-order chi connectivity index (χ0) is 76.1. The lowest BCUT2D eigenvalue weighted by Gasteiger charge is -2.34. The van der Waals surface area contributed by atoms with Crippen LogP contribution < -0.4 is 0 Å². The molecule has 4 rings (SSSR count). The first kappa shape index (κ1) is 106. The summed E-state index contributed by atoms with van der Waals surface area (Å²) >= 11 is 0. The fraction of sp³-hybridized carbons (Fsp3) is 0.932. The maximum absolute atomic E-state index is 11.2. The Labute approximate surface area is 602 Å². The summed E-state index contributed by atoms with van der Waals surface area (Å²) in [4.78, 5) is 62.7. The van der Waals surface area contributed by atoms with Gasteiger partial charge >= 0.3 is 0 Å². The topological polar surface area (TPSA) is 217 Å².